The average Bonchev–Trinajstić information content (AvgIpc) is 2.50. The predicted octanol–water partition coefficient (Wildman–Crippen LogP) is 2.43. The van der Waals surface area contributed by atoms with Gasteiger partial charge in [0.2, 0.25) is 0 Å². The van der Waals surface area contributed by atoms with Gasteiger partial charge in [0, 0.05) is 24.4 Å². The van der Waals surface area contributed by atoms with Gasteiger partial charge in [0.05, 0.1) is 0 Å². The number of ether oxygens (including phenoxy) is 1. The van der Waals surface area contributed by atoms with E-state index < -0.39 is 11.7 Å². The number of anilines is 1. The van der Waals surface area contributed by atoms with Crippen molar-refractivity contribution in [1.29, 1.82) is 0 Å². The number of carbonyl (C=O) groups is 1. The maximum Gasteiger partial charge on any atom is 0.256 e. The minimum Gasteiger partial charge on any atom is -0.492 e. The van der Waals surface area contributed by atoms with Crippen LogP contribution in [0.25, 0.3) is 0 Å². The minimum absolute atomic E-state index is 0.246. The molecule has 0 saturated heterocycles. The van der Waals surface area contributed by atoms with Crippen molar-refractivity contribution in [2.75, 3.05) is 18.5 Å². The highest BCUT2D eigenvalue weighted by molar-refractivity contribution is 6.04. The summed E-state index contributed by atoms with van der Waals surface area (Å²) in [4.78, 5) is 16.2. The second-order valence-electron chi connectivity index (χ2n) is 4.87. The molecule has 3 N–H and O–H groups in total. The number of hydrogen-bond donors (Lipinski definition) is 2. The molecule has 2 rings (SSSR count). The third-order valence-electron chi connectivity index (χ3n) is 3.23. The summed E-state index contributed by atoms with van der Waals surface area (Å²) >= 11 is 0. The van der Waals surface area contributed by atoms with Crippen LogP contribution in [0.2, 0.25) is 0 Å². The van der Waals surface area contributed by atoms with Crippen LogP contribution in [0.15, 0.2) is 30.5 Å². The van der Waals surface area contributed by atoms with E-state index in [0.29, 0.717) is 30.3 Å². The van der Waals surface area contributed by atoms with Gasteiger partial charge in [-0.05, 0) is 43.2 Å². The summed E-state index contributed by atoms with van der Waals surface area (Å²) in [5.41, 5.74) is 6.87. The standard InChI is InChI=1S/C16H18FN3O2/c1-10-7-12(8-14(17)11(10)2)16(21)20-15-9-13(3-5-19-15)22-6-4-18/h3,5,7-9H,4,6,18H2,1-2H3,(H,19,20,21). The number of nitrogens with two attached hydrogens (primary N) is 1. The molecule has 0 saturated carbocycles. The molecule has 1 aromatic carbocycles. The van der Waals surface area contributed by atoms with E-state index in [2.05, 4.69) is 10.3 Å². The zero-order chi connectivity index (χ0) is 16.1. The van der Waals surface area contributed by atoms with Crippen molar-refractivity contribution >= 4 is 11.7 Å². The van der Waals surface area contributed by atoms with Crippen LogP contribution in [-0.4, -0.2) is 24.0 Å². The molecule has 2 aromatic rings. The SMILES string of the molecule is Cc1cc(C(=O)Nc2cc(OCCN)ccn2)cc(F)c1C. The van der Waals surface area contributed by atoms with Crippen molar-refractivity contribution in [2.45, 2.75) is 13.8 Å². The number of rotatable bonds is 5. The summed E-state index contributed by atoms with van der Waals surface area (Å²) < 4.78 is 19.1. The van der Waals surface area contributed by atoms with Crippen molar-refractivity contribution in [3.05, 3.63) is 53.0 Å². The van der Waals surface area contributed by atoms with Gasteiger partial charge in [-0.25, -0.2) is 9.37 Å². The number of amides is 1. The van der Waals surface area contributed by atoms with Gasteiger partial charge in [0.15, 0.2) is 0 Å². The van der Waals surface area contributed by atoms with Crippen molar-refractivity contribution in [3.8, 4) is 5.75 Å². The van der Waals surface area contributed by atoms with Crippen LogP contribution >= 0.6 is 0 Å². The van der Waals surface area contributed by atoms with Crippen molar-refractivity contribution < 1.29 is 13.9 Å². The third-order valence-corrected chi connectivity index (χ3v) is 3.23. The number of benzene rings is 1. The fraction of sp³-hybridized carbons (Fsp3) is 0.250. The van der Waals surface area contributed by atoms with Crippen LogP contribution in [-0.2, 0) is 0 Å². The van der Waals surface area contributed by atoms with Crippen LogP contribution in [0.5, 0.6) is 5.75 Å². The van der Waals surface area contributed by atoms with E-state index in [4.69, 9.17) is 10.5 Å². The average molecular weight is 303 g/mol. The van der Waals surface area contributed by atoms with Gasteiger partial charge in [0.25, 0.3) is 5.91 Å². The largest absolute Gasteiger partial charge is 0.492 e. The number of nitrogens with zero attached hydrogens (tertiary/aromatic N) is 1. The van der Waals surface area contributed by atoms with Crippen LogP contribution in [0, 0.1) is 19.7 Å². The molecule has 0 bridgehead atoms. The molecule has 22 heavy (non-hydrogen) atoms. The third kappa shape index (κ3) is 3.79. The molecule has 5 nitrogen and oxygen atoms in total. The number of nitrogens with one attached hydrogen (secondary N) is 1. The maximum absolute atomic E-state index is 13.7. The lowest BCUT2D eigenvalue weighted by Gasteiger charge is -2.09. The molecule has 1 heterocycles. The fourth-order valence-electron chi connectivity index (χ4n) is 1.88. The van der Waals surface area contributed by atoms with Gasteiger partial charge in [0.1, 0.15) is 24.0 Å². The van der Waals surface area contributed by atoms with Crippen molar-refractivity contribution in [3.63, 3.8) is 0 Å². The van der Waals surface area contributed by atoms with E-state index in [1.165, 1.54) is 12.3 Å². The number of carbonyl (C=O) groups excluding carboxylic acids is 1. The van der Waals surface area contributed by atoms with E-state index in [0.717, 1.165) is 5.56 Å². The molecule has 0 atom stereocenters. The van der Waals surface area contributed by atoms with Gasteiger partial charge in [-0.3, -0.25) is 4.79 Å². The Balaban J connectivity index is 2.15. The van der Waals surface area contributed by atoms with E-state index in [9.17, 15) is 9.18 Å². The normalized spacial score (nSPS) is 10.4. The Morgan fingerprint density at radius 1 is 1.36 bits per heavy atom. The first kappa shape index (κ1) is 15.9. The van der Waals surface area contributed by atoms with Crippen LogP contribution in [0.3, 0.4) is 0 Å². The van der Waals surface area contributed by atoms with E-state index in [1.54, 1.807) is 32.0 Å². The maximum atomic E-state index is 13.7. The summed E-state index contributed by atoms with van der Waals surface area (Å²) in [7, 11) is 0. The summed E-state index contributed by atoms with van der Waals surface area (Å²) in [5, 5.41) is 2.62. The zero-order valence-electron chi connectivity index (χ0n) is 12.5. The molecule has 0 unspecified atom stereocenters. The van der Waals surface area contributed by atoms with Crippen LogP contribution in [0.1, 0.15) is 21.5 Å². The van der Waals surface area contributed by atoms with E-state index >= 15 is 0 Å². The number of aromatic nitrogens is 1. The monoisotopic (exact) mass is 303 g/mol. The molecule has 0 aliphatic heterocycles. The molecule has 116 valence electrons. The zero-order valence-corrected chi connectivity index (χ0v) is 12.5. The first-order valence-corrected chi connectivity index (χ1v) is 6.88. The second-order valence-corrected chi connectivity index (χ2v) is 4.87. The summed E-state index contributed by atoms with van der Waals surface area (Å²) in [6.07, 6.45) is 1.52. The molecular weight excluding hydrogens is 285 g/mol. The minimum atomic E-state index is -0.425. The Labute approximate surface area is 128 Å². The molecule has 0 aliphatic carbocycles. The lowest BCUT2D eigenvalue weighted by Crippen LogP contribution is -2.14. The molecule has 1 amide bonds. The fourth-order valence-corrected chi connectivity index (χ4v) is 1.88. The highest BCUT2D eigenvalue weighted by Crippen LogP contribution is 2.18. The van der Waals surface area contributed by atoms with E-state index in [-0.39, 0.29) is 5.56 Å². The first-order valence-electron chi connectivity index (χ1n) is 6.88. The van der Waals surface area contributed by atoms with Gasteiger partial charge in [-0.1, -0.05) is 0 Å². The van der Waals surface area contributed by atoms with Crippen LogP contribution in [0.4, 0.5) is 10.2 Å². The molecule has 1 aromatic heterocycles. The highest BCUT2D eigenvalue weighted by Gasteiger charge is 2.11. The lowest BCUT2D eigenvalue weighted by atomic mass is 10.1. The van der Waals surface area contributed by atoms with Gasteiger partial charge >= 0.3 is 0 Å². The summed E-state index contributed by atoms with van der Waals surface area (Å²) in [5.74, 6) is 0.0591. The Hall–Kier alpha value is -2.47. The van der Waals surface area contributed by atoms with Gasteiger partial charge in [-0.15, -0.1) is 0 Å². The molecule has 6 heteroatoms. The number of aryl methyl sites for hydroxylation is 1. The number of hydrogen-bond acceptors (Lipinski definition) is 4. The summed E-state index contributed by atoms with van der Waals surface area (Å²) in [6, 6.07) is 6.11. The summed E-state index contributed by atoms with van der Waals surface area (Å²) in [6.45, 7) is 4.20. The van der Waals surface area contributed by atoms with E-state index in [1.807, 2.05) is 0 Å². The Kier molecular flexibility index (Phi) is 5.06. The topological polar surface area (TPSA) is 77.2 Å². The van der Waals surface area contributed by atoms with Gasteiger partial charge < -0.3 is 15.8 Å². The first-order chi connectivity index (χ1) is 10.5. The van der Waals surface area contributed by atoms with Crippen molar-refractivity contribution in [1.82, 2.24) is 4.98 Å². The van der Waals surface area contributed by atoms with Gasteiger partial charge in [-0.2, -0.15) is 0 Å². The predicted molar refractivity (Wildman–Crippen MR) is 82.6 cm³/mol. The van der Waals surface area contributed by atoms with Crippen molar-refractivity contribution in [2.24, 2.45) is 5.73 Å². The quantitative estimate of drug-likeness (QED) is 0.889. The van der Waals surface area contributed by atoms with Crippen LogP contribution < -0.4 is 15.8 Å². The lowest BCUT2D eigenvalue weighted by molar-refractivity contribution is 0.102. The second kappa shape index (κ2) is 7.00. The Morgan fingerprint density at radius 2 is 2.14 bits per heavy atom. The Bertz CT molecular complexity index is 666. The molecule has 0 radical (unpaired) electrons. The molecule has 0 spiro atoms. The molecule has 0 aliphatic rings. The number of halogens is 1. The Morgan fingerprint density at radius 3 is 2.82 bits per heavy atom. The molecule has 0 fully saturated rings. The smallest absolute Gasteiger partial charge is 0.256 e. The molecular formula is C16H18FN3O2. The highest BCUT2D eigenvalue weighted by atomic mass is 19.1. The number of pyridine rings is 1.